The van der Waals surface area contributed by atoms with Crippen molar-refractivity contribution < 1.29 is 14.4 Å². The second kappa shape index (κ2) is 15.0. The molecule has 3 aliphatic rings. The van der Waals surface area contributed by atoms with E-state index in [4.69, 9.17) is 9.57 Å². The number of benzene rings is 3. The second-order valence-electron chi connectivity index (χ2n) is 13.6. The van der Waals surface area contributed by atoms with Gasteiger partial charge in [0, 0.05) is 69.9 Å². The van der Waals surface area contributed by atoms with Crippen LogP contribution in [-0.4, -0.2) is 90.7 Å². The molecule has 1 unspecified atom stereocenters. The minimum Gasteiger partial charge on any atom is -0.494 e. The molecule has 0 aliphatic carbocycles. The molecule has 50 heavy (non-hydrogen) atoms. The molecule has 11 nitrogen and oxygen atoms in total. The van der Waals surface area contributed by atoms with E-state index in [2.05, 4.69) is 98.2 Å². The van der Waals surface area contributed by atoms with Crippen LogP contribution in [0.15, 0.2) is 79.6 Å². The first kappa shape index (κ1) is 33.8. The number of fused-ring (bicyclic) bond motifs is 1. The molecule has 3 aromatic carbocycles. The van der Waals surface area contributed by atoms with Crippen LogP contribution in [0.4, 0.5) is 28.7 Å². The number of piperazine rings is 1. The van der Waals surface area contributed by atoms with Crippen LogP contribution in [-0.2, 0) is 9.63 Å². The van der Waals surface area contributed by atoms with Crippen molar-refractivity contribution in [3.63, 3.8) is 0 Å². The molecule has 1 amide bonds. The number of amides is 1. The number of hydroxylamine groups is 1. The number of nitrogens with one attached hydrogen (secondary N) is 2. The maximum atomic E-state index is 12.6. The van der Waals surface area contributed by atoms with Gasteiger partial charge in [-0.25, -0.2) is 15.0 Å². The van der Waals surface area contributed by atoms with E-state index in [1.54, 1.807) is 7.11 Å². The first-order valence-electron chi connectivity index (χ1n) is 17.8. The molecule has 11 heteroatoms. The first-order chi connectivity index (χ1) is 24.4. The molecule has 1 atom stereocenters. The molecule has 7 rings (SSSR count). The van der Waals surface area contributed by atoms with Gasteiger partial charge in [0.05, 0.1) is 36.8 Å². The lowest BCUT2D eigenvalue weighted by Crippen LogP contribution is -2.54. The summed E-state index contributed by atoms with van der Waals surface area (Å²) in [6.07, 6.45) is 5.81. The zero-order chi connectivity index (χ0) is 34.6. The number of carbonyl (C=O) groups excluding carboxylic acids is 1. The number of hydrogen-bond acceptors (Lipinski definition) is 10. The largest absolute Gasteiger partial charge is 0.494 e. The summed E-state index contributed by atoms with van der Waals surface area (Å²) in [5.41, 5.74) is 3.46. The van der Waals surface area contributed by atoms with Crippen molar-refractivity contribution in [1.82, 2.24) is 19.8 Å². The third-order valence-electron chi connectivity index (χ3n) is 10.4. The van der Waals surface area contributed by atoms with Crippen molar-refractivity contribution in [3.8, 4) is 5.75 Å². The van der Waals surface area contributed by atoms with Crippen molar-refractivity contribution in [2.24, 2.45) is 0 Å². The average Bonchev–Trinajstić information content (AvgIpc) is 3.65. The highest BCUT2D eigenvalue weighted by Crippen LogP contribution is 2.41. The van der Waals surface area contributed by atoms with E-state index in [-0.39, 0.29) is 11.9 Å². The first-order valence-corrected chi connectivity index (χ1v) is 17.8. The van der Waals surface area contributed by atoms with E-state index < -0.39 is 0 Å². The summed E-state index contributed by atoms with van der Waals surface area (Å²) in [5, 5.41) is 10.8. The lowest BCUT2D eigenvalue weighted by atomic mass is 10.0. The van der Waals surface area contributed by atoms with Crippen molar-refractivity contribution >= 4 is 45.4 Å². The predicted octanol–water partition coefficient (Wildman–Crippen LogP) is 6.38. The fourth-order valence-electron chi connectivity index (χ4n) is 7.56. The predicted molar refractivity (Wildman–Crippen MR) is 200 cm³/mol. The van der Waals surface area contributed by atoms with Gasteiger partial charge in [-0.15, -0.1) is 0 Å². The molecular formula is C39H48N8O3. The van der Waals surface area contributed by atoms with Crippen LogP contribution >= 0.6 is 0 Å². The number of aromatic nitrogens is 2. The Labute approximate surface area is 294 Å². The molecular weight excluding hydrogens is 628 g/mol. The summed E-state index contributed by atoms with van der Waals surface area (Å²) in [5.74, 6) is 1.61. The van der Waals surface area contributed by atoms with Gasteiger partial charge in [-0.05, 0) is 61.2 Å². The number of piperidine rings is 1. The van der Waals surface area contributed by atoms with Gasteiger partial charge >= 0.3 is 0 Å². The van der Waals surface area contributed by atoms with Gasteiger partial charge in [0.15, 0.2) is 5.82 Å². The highest BCUT2D eigenvalue weighted by atomic mass is 16.7. The molecule has 3 fully saturated rings. The standard InChI is InChI=1S/C39H48N8O3/c1-5-39(48)43-32-23-33(36(49-4)24-35(32)46-15-12-31(13-16-46)45-19-17-44(18-20-45)27(2)3)42-37-25-38(41-26-40-37)47-34(14-21-50-47)30-11-10-28-8-6-7-9-29(28)22-30/h5-11,22-27,31,34H,1,12-21H2,2-4H3,(H,43,48)(H,40,41,42). The molecule has 262 valence electrons. The zero-order valence-corrected chi connectivity index (χ0v) is 29.3. The lowest BCUT2D eigenvalue weighted by Gasteiger charge is -2.44. The Morgan fingerprint density at radius 1 is 0.940 bits per heavy atom. The fourth-order valence-corrected chi connectivity index (χ4v) is 7.56. The quantitative estimate of drug-likeness (QED) is 0.184. The van der Waals surface area contributed by atoms with E-state index in [9.17, 15) is 4.79 Å². The summed E-state index contributed by atoms with van der Waals surface area (Å²) in [4.78, 5) is 35.4. The number of nitrogens with zero attached hydrogens (tertiary/aromatic N) is 6. The molecule has 3 aliphatic heterocycles. The molecule has 4 heterocycles. The number of anilines is 5. The van der Waals surface area contributed by atoms with Gasteiger partial charge < -0.3 is 20.3 Å². The highest BCUT2D eigenvalue weighted by molar-refractivity contribution is 6.02. The second-order valence-corrected chi connectivity index (χ2v) is 13.6. The van der Waals surface area contributed by atoms with E-state index in [0.717, 1.165) is 64.2 Å². The SMILES string of the molecule is C=CC(=O)Nc1cc(Nc2cc(N3OCCC3c3ccc4ccccc4c3)ncn2)c(OC)cc1N1CCC(N2CCN(C(C)C)CC2)CC1. The number of methoxy groups -OCH3 is 1. The Kier molecular flexibility index (Phi) is 10.2. The number of hydrogen-bond donors (Lipinski definition) is 2. The van der Waals surface area contributed by atoms with Crippen LogP contribution in [0.3, 0.4) is 0 Å². The summed E-state index contributed by atoms with van der Waals surface area (Å²) in [7, 11) is 1.66. The molecule has 2 N–H and O–H groups in total. The van der Waals surface area contributed by atoms with E-state index in [0.29, 0.717) is 47.5 Å². The smallest absolute Gasteiger partial charge is 0.247 e. The van der Waals surface area contributed by atoms with Crippen LogP contribution in [0.2, 0.25) is 0 Å². The maximum Gasteiger partial charge on any atom is 0.247 e. The van der Waals surface area contributed by atoms with Crippen LogP contribution in [0, 0.1) is 0 Å². The Hall–Kier alpha value is -4.71. The molecule has 3 saturated heterocycles. The third kappa shape index (κ3) is 7.26. The van der Waals surface area contributed by atoms with Gasteiger partial charge in [0.1, 0.15) is 17.9 Å². The van der Waals surface area contributed by atoms with Gasteiger partial charge in [-0.2, -0.15) is 0 Å². The van der Waals surface area contributed by atoms with Gasteiger partial charge in [0.2, 0.25) is 5.91 Å². The van der Waals surface area contributed by atoms with Crippen molar-refractivity contribution in [3.05, 3.63) is 85.2 Å². The summed E-state index contributed by atoms with van der Waals surface area (Å²) < 4.78 is 5.91. The van der Waals surface area contributed by atoms with Crippen molar-refractivity contribution in [1.29, 1.82) is 0 Å². The number of rotatable bonds is 10. The number of ether oxygens (including phenoxy) is 1. The normalized spacial score (nSPS) is 19.2. The van der Waals surface area contributed by atoms with Gasteiger partial charge in [-0.1, -0.05) is 43.0 Å². The van der Waals surface area contributed by atoms with Gasteiger partial charge in [0.25, 0.3) is 0 Å². The minimum atomic E-state index is -0.268. The van der Waals surface area contributed by atoms with Gasteiger partial charge in [-0.3, -0.25) is 19.4 Å². The maximum absolute atomic E-state index is 12.6. The summed E-state index contributed by atoms with van der Waals surface area (Å²) >= 11 is 0. The molecule has 4 aromatic rings. The monoisotopic (exact) mass is 676 g/mol. The summed E-state index contributed by atoms with van der Waals surface area (Å²) in [6, 6.07) is 21.9. The Bertz CT molecular complexity index is 1820. The molecule has 0 spiro atoms. The fraction of sp³-hybridized carbons (Fsp3) is 0.410. The molecule has 0 saturated carbocycles. The van der Waals surface area contributed by atoms with Crippen LogP contribution < -0.4 is 25.3 Å². The van der Waals surface area contributed by atoms with Crippen LogP contribution in [0.5, 0.6) is 5.75 Å². The van der Waals surface area contributed by atoms with E-state index in [1.165, 1.54) is 28.7 Å². The van der Waals surface area contributed by atoms with Crippen molar-refractivity contribution in [2.75, 3.05) is 73.6 Å². The Morgan fingerprint density at radius 2 is 1.72 bits per heavy atom. The van der Waals surface area contributed by atoms with Crippen LogP contribution in [0.25, 0.3) is 10.8 Å². The summed E-state index contributed by atoms with van der Waals surface area (Å²) in [6.45, 7) is 15.1. The number of carbonyl (C=O) groups is 1. The Balaban J connectivity index is 1.09. The zero-order valence-electron chi connectivity index (χ0n) is 29.3. The Morgan fingerprint density at radius 3 is 2.46 bits per heavy atom. The minimum absolute atomic E-state index is 0.0191. The lowest BCUT2D eigenvalue weighted by molar-refractivity contribution is -0.111. The topological polar surface area (TPSA) is 98.3 Å². The van der Waals surface area contributed by atoms with Crippen LogP contribution in [0.1, 0.15) is 44.7 Å². The molecule has 1 aromatic heterocycles. The van der Waals surface area contributed by atoms with E-state index >= 15 is 0 Å². The molecule has 0 bridgehead atoms. The van der Waals surface area contributed by atoms with Crippen molar-refractivity contribution in [2.45, 2.75) is 51.2 Å². The highest BCUT2D eigenvalue weighted by Gasteiger charge is 2.31. The molecule has 0 radical (unpaired) electrons. The average molecular weight is 677 g/mol. The van der Waals surface area contributed by atoms with E-state index in [1.807, 2.05) is 23.3 Å². The third-order valence-corrected chi connectivity index (χ3v) is 10.4.